The van der Waals surface area contributed by atoms with Crippen LogP contribution in [0, 0.1) is 20.8 Å². The van der Waals surface area contributed by atoms with Crippen molar-refractivity contribution in [2.45, 2.75) is 40.0 Å². The van der Waals surface area contributed by atoms with Crippen LogP contribution in [-0.4, -0.2) is 12.4 Å². The van der Waals surface area contributed by atoms with E-state index in [0.29, 0.717) is 6.42 Å². The second-order valence-corrected chi connectivity index (χ2v) is 5.68. The summed E-state index contributed by atoms with van der Waals surface area (Å²) >= 11 is 0. The number of Topliss-reactive ketones (excluding diaryl/α,β-unsaturated/α-hetero) is 1. The van der Waals surface area contributed by atoms with Gasteiger partial charge in [0.15, 0.2) is 5.78 Å². The molecule has 1 aliphatic rings. The summed E-state index contributed by atoms with van der Waals surface area (Å²) in [6, 6.07) is 6.23. The minimum Gasteiger partial charge on any atom is -0.493 e. The minimum atomic E-state index is 0.165. The van der Waals surface area contributed by atoms with Crippen LogP contribution < -0.4 is 4.74 Å². The van der Waals surface area contributed by atoms with Crippen LogP contribution in [0.4, 0.5) is 0 Å². The van der Waals surface area contributed by atoms with Gasteiger partial charge in [0.25, 0.3) is 0 Å². The smallest absolute Gasteiger partial charge is 0.166 e. The molecule has 0 radical (unpaired) electrons. The van der Waals surface area contributed by atoms with E-state index >= 15 is 0 Å². The molecule has 0 aliphatic carbocycles. The molecule has 2 aromatic rings. The van der Waals surface area contributed by atoms with Crippen LogP contribution >= 0.6 is 0 Å². The van der Waals surface area contributed by atoms with E-state index in [9.17, 15) is 4.79 Å². The normalized spacial score (nSPS) is 13.1. The Morgan fingerprint density at radius 3 is 2.71 bits per heavy atom. The third-order valence-corrected chi connectivity index (χ3v) is 4.23. The number of ketones is 1. The van der Waals surface area contributed by atoms with E-state index < -0.39 is 0 Å². The molecule has 0 N–H and O–H groups in total. The average molecular weight is 284 g/mol. The largest absolute Gasteiger partial charge is 0.493 e. The van der Waals surface area contributed by atoms with Gasteiger partial charge in [0.05, 0.1) is 12.2 Å². The highest BCUT2D eigenvalue weighted by molar-refractivity contribution is 5.98. The molecule has 0 bridgehead atoms. The minimum absolute atomic E-state index is 0.165. The highest BCUT2D eigenvalue weighted by Gasteiger charge is 2.18. The van der Waals surface area contributed by atoms with Gasteiger partial charge in [-0.15, -0.1) is 0 Å². The van der Waals surface area contributed by atoms with Gasteiger partial charge < -0.3 is 9.15 Å². The zero-order valence-corrected chi connectivity index (χ0v) is 12.8. The molecule has 2 heterocycles. The van der Waals surface area contributed by atoms with Crippen LogP contribution in [0.2, 0.25) is 0 Å². The lowest BCUT2D eigenvalue weighted by atomic mass is 9.98. The molecule has 0 saturated heterocycles. The number of carbonyl (C=O) groups excluding carboxylic acids is 1. The van der Waals surface area contributed by atoms with Gasteiger partial charge in [-0.2, -0.15) is 0 Å². The average Bonchev–Trinajstić information content (AvgIpc) is 3.01. The second-order valence-electron chi connectivity index (χ2n) is 5.68. The van der Waals surface area contributed by atoms with Gasteiger partial charge in [0.2, 0.25) is 0 Å². The zero-order valence-electron chi connectivity index (χ0n) is 12.8. The first-order valence-electron chi connectivity index (χ1n) is 7.40. The molecule has 1 aromatic heterocycles. The van der Waals surface area contributed by atoms with Gasteiger partial charge in [0.1, 0.15) is 17.3 Å². The molecule has 0 atom stereocenters. The van der Waals surface area contributed by atoms with E-state index in [-0.39, 0.29) is 5.78 Å². The predicted octanol–water partition coefficient (Wildman–Crippen LogP) is 3.96. The van der Waals surface area contributed by atoms with Gasteiger partial charge in [0, 0.05) is 18.4 Å². The highest BCUT2D eigenvalue weighted by Crippen LogP contribution is 2.27. The number of benzene rings is 1. The van der Waals surface area contributed by atoms with Crippen molar-refractivity contribution in [2.24, 2.45) is 0 Å². The predicted molar refractivity (Wildman–Crippen MR) is 81.2 cm³/mol. The summed E-state index contributed by atoms with van der Waals surface area (Å²) in [4.78, 5) is 12.4. The van der Waals surface area contributed by atoms with Crippen molar-refractivity contribution >= 4 is 5.78 Å². The van der Waals surface area contributed by atoms with Crippen molar-refractivity contribution in [3.05, 3.63) is 52.0 Å². The molecule has 0 saturated carbocycles. The van der Waals surface area contributed by atoms with Crippen LogP contribution in [0.3, 0.4) is 0 Å². The highest BCUT2D eigenvalue weighted by atomic mass is 16.5. The summed E-state index contributed by atoms with van der Waals surface area (Å²) in [5.41, 5.74) is 4.19. The van der Waals surface area contributed by atoms with Crippen LogP contribution in [0.1, 0.15) is 45.0 Å². The molecule has 3 heteroatoms. The maximum Gasteiger partial charge on any atom is 0.166 e. The van der Waals surface area contributed by atoms with Crippen molar-refractivity contribution in [3.63, 3.8) is 0 Å². The Labute approximate surface area is 124 Å². The van der Waals surface area contributed by atoms with Crippen molar-refractivity contribution in [1.29, 1.82) is 0 Å². The van der Waals surface area contributed by atoms with E-state index in [0.717, 1.165) is 47.8 Å². The lowest BCUT2D eigenvalue weighted by molar-refractivity contribution is 0.0981. The zero-order chi connectivity index (χ0) is 15.0. The van der Waals surface area contributed by atoms with Crippen molar-refractivity contribution in [1.82, 2.24) is 0 Å². The maximum atomic E-state index is 12.4. The molecule has 21 heavy (non-hydrogen) atoms. The molecular formula is C18H20O3. The Bertz CT molecular complexity index is 695. The van der Waals surface area contributed by atoms with Gasteiger partial charge in [-0.05, 0) is 44.4 Å². The standard InChI is InChI=1S/C18H20O3/c1-11-12(2)21-13(3)18(11)16(19)6-4-14-5-7-17-15(10-14)8-9-20-17/h5,7,10H,4,6,8-9H2,1-3H3. The summed E-state index contributed by atoms with van der Waals surface area (Å²) in [5, 5.41) is 0. The first-order valence-corrected chi connectivity index (χ1v) is 7.40. The summed E-state index contributed by atoms with van der Waals surface area (Å²) < 4.78 is 11.0. The SMILES string of the molecule is Cc1oc(C)c(C(=O)CCc2ccc3c(c2)CCO3)c1C. The lowest BCUT2D eigenvalue weighted by Crippen LogP contribution is -2.03. The van der Waals surface area contributed by atoms with Crippen LogP contribution in [0.15, 0.2) is 22.6 Å². The van der Waals surface area contributed by atoms with E-state index in [1.165, 1.54) is 11.1 Å². The Morgan fingerprint density at radius 1 is 1.19 bits per heavy atom. The molecule has 1 aliphatic heterocycles. The summed E-state index contributed by atoms with van der Waals surface area (Å²) in [6.45, 7) is 6.48. The van der Waals surface area contributed by atoms with Gasteiger partial charge in [-0.1, -0.05) is 12.1 Å². The molecule has 0 amide bonds. The molecule has 0 spiro atoms. The monoisotopic (exact) mass is 284 g/mol. The van der Waals surface area contributed by atoms with Crippen LogP contribution in [0.5, 0.6) is 5.75 Å². The van der Waals surface area contributed by atoms with Crippen LogP contribution in [0.25, 0.3) is 0 Å². The third kappa shape index (κ3) is 2.60. The Kier molecular flexibility index (Phi) is 3.58. The molecule has 3 rings (SSSR count). The van der Waals surface area contributed by atoms with E-state index in [4.69, 9.17) is 9.15 Å². The summed E-state index contributed by atoms with van der Waals surface area (Å²) in [6.07, 6.45) is 2.24. The molecule has 110 valence electrons. The first kappa shape index (κ1) is 13.9. The first-order chi connectivity index (χ1) is 10.1. The van der Waals surface area contributed by atoms with Gasteiger partial charge in [-0.25, -0.2) is 0 Å². The van der Waals surface area contributed by atoms with Gasteiger partial charge >= 0.3 is 0 Å². The number of carbonyl (C=O) groups is 1. The van der Waals surface area contributed by atoms with E-state index in [1.54, 1.807) is 0 Å². The molecule has 0 fully saturated rings. The third-order valence-electron chi connectivity index (χ3n) is 4.23. The molecular weight excluding hydrogens is 264 g/mol. The van der Waals surface area contributed by atoms with Gasteiger partial charge in [-0.3, -0.25) is 4.79 Å². The Balaban J connectivity index is 1.71. The van der Waals surface area contributed by atoms with Crippen molar-refractivity contribution in [3.8, 4) is 5.75 Å². The maximum absolute atomic E-state index is 12.4. The number of rotatable bonds is 4. The number of aryl methyl sites for hydroxylation is 3. The van der Waals surface area contributed by atoms with E-state index in [1.807, 2.05) is 26.8 Å². The lowest BCUT2D eigenvalue weighted by Gasteiger charge is -2.04. The van der Waals surface area contributed by atoms with Crippen molar-refractivity contribution in [2.75, 3.05) is 6.61 Å². The summed E-state index contributed by atoms with van der Waals surface area (Å²) in [5.74, 6) is 2.73. The fourth-order valence-corrected chi connectivity index (χ4v) is 2.98. The quantitative estimate of drug-likeness (QED) is 0.798. The Morgan fingerprint density at radius 2 is 2.00 bits per heavy atom. The number of ether oxygens (including phenoxy) is 1. The fourth-order valence-electron chi connectivity index (χ4n) is 2.98. The number of hydrogen-bond acceptors (Lipinski definition) is 3. The molecule has 0 unspecified atom stereocenters. The van der Waals surface area contributed by atoms with E-state index in [2.05, 4.69) is 12.1 Å². The number of furan rings is 1. The number of fused-ring (bicyclic) bond motifs is 1. The Hall–Kier alpha value is -2.03. The van der Waals surface area contributed by atoms with Crippen molar-refractivity contribution < 1.29 is 13.9 Å². The molecule has 1 aromatic carbocycles. The summed E-state index contributed by atoms with van der Waals surface area (Å²) in [7, 11) is 0. The number of hydrogen-bond donors (Lipinski definition) is 0. The second kappa shape index (κ2) is 5.40. The molecule has 3 nitrogen and oxygen atoms in total. The topological polar surface area (TPSA) is 39.4 Å². The van der Waals surface area contributed by atoms with Crippen LogP contribution in [-0.2, 0) is 12.8 Å². The fraction of sp³-hybridized carbons (Fsp3) is 0.389.